The number of amides is 4. The number of hydrogen-bond acceptors (Lipinski definition) is 8. The summed E-state index contributed by atoms with van der Waals surface area (Å²) < 4.78 is 0. The number of rotatable bonds is 12. The first-order valence-corrected chi connectivity index (χ1v) is 14.9. The van der Waals surface area contributed by atoms with E-state index >= 15 is 0 Å². The molecule has 1 atom stereocenters. The standard InChI is InChI=1S/C29H39N7O4S/c1-3-36-28(40)24(41-29(36)25(30)27(39)32-11-10-31-19(2)37)18-34-23-9-8-20-16-22(7-6-21(20)17-23)26(38)33-12-15-35-13-4-5-14-35/h6-9,16-17,24,34H,3-5,10-15,18,30H2,1-2H3,(H,31,37)(H,32,39)(H,33,38)/b29-25+/t24-/m1/s1. The summed E-state index contributed by atoms with van der Waals surface area (Å²) in [5.41, 5.74) is 7.58. The lowest BCUT2D eigenvalue weighted by Crippen LogP contribution is -2.38. The average Bonchev–Trinajstić information content (AvgIpc) is 3.60. The van der Waals surface area contributed by atoms with Gasteiger partial charge in [-0.2, -0.15) is 0 Å². The maximum atomic E-state index is 13.0. The maximum Gasteiger partial charge on any atom is 0.269 e. The molecule has 2 aromatic rings. The number of benzene rings is 2. The second-order valence-electron chi connectivity index (χ2n) is 10.1. The second-order valence-corrected chi connectivity index (χ2v) is 11.3. The molecule has 2 heterocycles. The minimum atomic E-state index is -0.480. The minimum Gasteiger partial charge on any atom is -0.392 e. The number of likely N-dealkylation sites (tertiary alicyclic amines) is 1. The molecule has 12 heteroatoms. The fourth-order valence-corrected chi connectivity index (χ4v) is 6.14. The number of nitrogens with one attached hydrogen (secondary N) is 4. The van der Waals surface area contributed by atoms with Crippen molar-refractivity contribution in [3.8, 4) is 0 Å². The van der Waals surface area contributed by atoms with E-state index < -0.39 is 11.2 Å². The maximum absolute atomic E-state index is 13.0. The van der Waals surface area contributed by atoms with Crippen LogP contribution in [0.5, 0.6) is 0 Å². The van der Waals surface area contributed by atoms with Crippen molar-refractivity contribution in [1.82, 2.24) is 25.8 Å². The third-order valence-corrected chi connectivity index (χ3v) is 8.44. The Balaban J connectivity index is 1.33. The summed E-state index contributed by atoms with van der Waals surface area (Å²) in [6, 6.07) is 11.5. The average molecular weight is 582 g/mol. The molecule has 2 aromatic carbocycles. The summed E-state index contributed by atoms with van der Waals surface area (Å²) in [5, 5.41) is 13.5. The van der Waals surface area contributed by atoms with Gasteiger partial charge in [0.15, 0.2) is 0 Å². The zero-order valence-corrected chi connectivity index (χ0v) is 24.4. The Bertz CT molecular complexity index is 1330. The molecule has 4 rings (SSSR count). The molecule has 2 fully saturated rings. The highest BCUT2D eigenvalue weighted by molar-refractivity contribution is 8.04. The second kappa shape index (κ2) is 14.2. The number of fused-ring (bicyclic) bond motifs is 1. The van der Waals surface area contributed by atoms with E-state index in [2.05, 4.69) is 26.2 Å². The predicted molar refractivity (Wildman–Crippen MR) is 162 cm³/mol. The fourth-order valence-electron chi connectivity index (χ4n) is 4.91. The fraction of sp³-hybridized carbons (Fsp3) is 0.448. The van der Waals surface area contributed by atoms with Crippen molar-refractivity contribution in [2.24, 2.45) is 5.73 Å². The molecule has 0 saturated carbocycles. The molecule has 0 spiro atoms. The van der Waals surface area contributed by atoms with Crippen molar-refractivity contribution < 1.29 is 19.2 Å². The summed E-state index contributed by atoms with van der Waals surface area (Å²) in [7, 11) is 0. The summed E-state index contributed by atoms with van der Waals surface area (Å²) in [4.78, 5) is 53.1. The van der Waals surface area contributed by atoms with E-state index in [1.54, 1.807) is 0 Å². The topological polar surface area (TPSA) is 149 Å². The Morgan fingerprint density at radius 3 is 2.41 bits per heavy atom. The van der Waals surface area contributed by atoms with Crippen LogP contribution in [0.15, 0.2) is 47.1 Å². The lowest BCUT2D eigenvalue weighted by atomic mass is 10.1. The first-order chi connectivity index (χ1) is 19.8. The highest BCUT2D eigenvalue weighted by atomic mass is 32.2. The SMILES string of the molecule is CCN1C(=O)[C@@H](CNc2ccc3cc(C(=O)NCCN4CCCC4)ccc3c2)S/C1=C(/N)C(=O)NCCNC(C)=O. The van der Waals surface area contributed by atoms with Gasteiger partial charge < -0.3 is 36.8 Å². The molecule has 6 N–H and O–H groups in total. The predicted octanol–water partition coefficient (Wildman–Crippen LogP) is 1.42. The van der Waals surface area contributed by atoms with Gasteiger partial charge in [-0.3, -0.25) is 19.2 Å². The van der Waals surface area contributed by atoms with Crippen LogP contribution in [-0.4, -0.2) is 91.0 Å². The Labute approximate surface area is 244 Å². The third-order valence-electron chi connectivity index (χ3n) is 7.12. The highest BCUT2D eigenvalue weighted by Gasteiger charge is 2.38. The molecule has 0 bridgehead atoms. The molecular weight excluding hydrogens is 542 g/mol. The van der Waals surface area contributed by atoms with E-state index in [-0.39, 0.29) is 30.0 Å². The van der Waals surface area contributed by atoms with Crippen molar-refractivity contribution in [3.63, 3.8) is 0 Å². The molecule has 4 amide bonds. The van der Waals surface area contributed by atoms with Gasteiger partial charge in [-0.25, -0.2) is 0 Å². The third kappa shape index (κ3) is 7.92. The number of thioether (sulfide) groups is 1. The van der Waals surface area contributed by atoms with Gasteiger partial charge in [-0.15, -0.1) is 0 Å². The number of nitrogens with zero attached hydrogens (tertiary/aromatic N) is 2. The van der Waals surface area contributed by atoms with Crippen molar-refractivity contribution in [2.75, 3.05) is 57.7 Å². The molecule has 2 saturated heterocycles. The zero-order chi connectivity index (χ0) is 29.4. The summed E-state index contributed by atoms with van der Waals surface area (Å²) in [6.45, 7) is 8.23. The van der Waals surface area contributed by atoms with Crippen LogP contribution in [0.4, 0.5) is 5.69 Å². The van der Waals surface area contributed by atoms with Gasteiger partial charge in [0, 0.05) is 57.4 Å². The van der Waals surface area contributed by atoms with Crippen LogP contribution >= 0.6 is 11.8 Å². The van der Waals surface area contributed by atoms with Crippen LogP contribution in [0.1, 0.15) is 37.0 Å². The van der Waals surface area contributed by atoms with Crippen LogP contribution in [0, 0.1) is 0 Å². The van der Waals surface area contributed by atoms with Crippen LogP contribution in [0.2, 0.25) is 0 Å². The molecule has 0 unspecified atom stereocenters. The van der Waals surface area contributed by atoms with Crippen molar-refractivity contribution in [3.05, 3.63) is 52.7 Å². The van der Waals surface area contributed by atoms with E-state index in [0.29, 0.717) is 36.8 Å². The van der Waals surface area contributed by atoms with Gasteiger partial charge in [-0.05, 0) is 67.9 Å². The Hall–Kier alpha value is -3.77. The molecule has 2 aliphatic rings. The minimum absolute atomic E-state index is 0.0166. The smallest absolute Gasteiger partial charge is 0.269 e. The highest BCUT2D eigenvalue weighted by Crippen LogP contribution is 2.36. The van der Waals surface area contributed by atoms with Gasteiger partial charge in [0.25, 0.3) is 11.8 Å². The van der Waals surface area contributed by atoms with Crippen molar-refractivity contribution in [1.29, 1.82) is 0 Å². The van der Waals surface area contributed by atoms with Gasteiger partial charge in [0.2, 0.25) is 11.8 Å². The number of anilines is 1. The molecule has 2 aliphatic heterocycles. The Morgan fingerprint density at radius 2 is 1.68 bits per heavy atom. The van der Waals surface area contributed by atoms with Gasteiger partial charge in [0.1, 0.15) is 16.0 Å². The first kappa shape index (κ1) is 30.2. The van der Waals surface area contributed by atoms with E-state index in [1.807, 2.05) is 43.3 Å². The van der Waals surface area contributed by atoms with E-state index in [0.717, 1.165) is 36.1 Å². The number of carbonyl (C=O) groups excluding carboxylic acids is 4. The molecule has 0 radical (unpaired) electrons. The van der Waals surface area contributed by atoms with Crippen LogP contribution in [0.25, 0.3) is 10.8 Å². The summed E-state index contributed by atoms with van der Waals surface area (Å²) in [6.07, 6.45) is 2.47. The van der Waals surface area contributed by atoms with Crippen LogP contribution < -0.4 is 27.0 Å². The number of carbonyl (C=O) groups is 4. The van der Waals surface area contributed by atoms with E-state index in [9.17, 15) is 19.2 Å². The Kier molecular flexibility index (Phi) is 10.5. The monoisotopic (exact) mass is 581 g/mol. The normalized spacial score (nSPS) is 18.4. The Morgan fingerprint density at radius 1 is 0.976 bits per heavy atom. The summed E-state index contributed by atoms with van der Waals surface area (Å²) >= 11 is 1.26. The lowest BCUT2D eigenvalue weighted by Gasteiger charge is -2.16. The lowest BCUT2D eigenvalue weighted by molar-refractivity contribution is -0.127. The van der Waals surface area contributed by atoms with Crippen molar-refractivity contribution >= 4 is 51.9 Å². The molecule has 220 valence electrons. The largest absolute Gasteiger partial charge is 0.392 e. The van der Waals surface area contributed by atoms with Gasteiger partial charge in [-0.1, -0.05) is 23.9 Å². The zero-order valence-electron chi connectivity index (χ0n) is 23.6. The van der Waals surface area contributed by atoms with Crippen molar-refractivity contribution in [2.45, 2.75) is 31.9 Å². The quantitative estimate of drug-likeness (QED) is 0.187. The van der Waals surface area contributed by atoms with E-state index in [4.69, 9.17) is 5.73 Å². The number of nitrogens with two attached hydrogens (primary N) is 1. The molecule has 41 heavy (non-hydrogen) atoms. The van der Waals surface area contributed by atoms with Crippen LogP contribution in [-0.2, 0) is 14.4 Å². The van der Waals surface area contributed by atoms with Gasteiger partial charge in [0.05, 0.1) is 0 Å². The van der Waals surface area contributed by atoms with Gasteiger partial charge >= 0.3 is 0 Å². The molecular formula is C29H39N7O4S. The van der Waals surface area contributed by atoms with Crippen LogP contribution in [0.3, 0.4) is 0 Å². The summed E-state index contributed by atoms with van der Waals surface area (Å²) in [5.74, 6) is -0.852. The number of hydrogen-bond donors (Lipinski definition) is 5. The molecule has 0 aromatic heterocycles. The molecule has 0 aliphatic carbocycles. The van der Waals surface area contributed by atoms with E-state index in [1.165, 1.54) is 36.4 Å². The molecule has 11 nitrogen and oxygen atoms in total. The first-order valence-electron chi connectivity index (χ1n) is 14.1.